The summed E-state index contributed by atoms with van der Waals surface area (Å²) in [5, 5.41) is 0. The molecule has 0 aliphatic heterocycles. The van der Waals surface area contributed by atoms with Gasteiger partial charge in [0.15, 0.2) is 0 Å². The van der Waals surface area contributed by atoms with Crippen molar-refractivity contribution in [2.24, 2.45) is 11.8 Å². The third-order valence-electron chi connectivity index (χ3n) is 4.16. The van der Waals surface area contributed by atoms with Gasteiger partial charge in [0.2, 0.25) is 0 Å². The Morgan fingerprint density at radius 2 is 1.57 bits per heavy atom. The van der Waals surface area contributed by atoms with Crippen molar-refractivity contribution in [3.8, 4) is 0 Å². The van der Waals surface area contributed by atoms with Crippen LogP contribution in [0, 0.1) is 11.8 Å². The Bertz CT molecular complexity index is 308. The zero-order chi connectivity index (χ0) is 16.9. The zero-order valence-electron chi connectivity index (χ0n) is 15.1. The SMILES string of the molecule is CCCOCCOCCOC1CCCC(C)C1C(=O)OCCC. The molecule has 136 valence electrons. The van der Waals surface area contributed by atoms with E-state index in [0.717, 1.165) is 38.7 Å². The zero-order valence-corrected chi connectivity index (χ0v) is 15.1. The summed E-state index contributed by atoms with van der Waals surface area (Å²) in [5.41, 5.74) is 0. The maximum Gasteiger partial charge on any atom is 0.311 e. The summed E-state index contributed by atoms with van der Waals surface area (Å²) in [6.07, 6.45) is 4.94. The van der Waals surface area contributed by atoms with Gasteiger partial charge in [-0.05, 0) is 31.6 Å². The molecular weight excluding hydrogens is 296 g/mol. The van der Waals surface area contributed by atoms with E-state index in [-0.39, 0.29) is 18.0 Å². The first-order valence-electron chi connectivity index (χ1n) is 9.14. The largest absolute Gasteiger partial charge is 0.465 e. The lowest BCUT2D eigenvalue weighted by molar-refractivity contribution is -0.160. The molecule has 0 bridgehead atoms. The molecule has 0 aromatic rings. The van der Waals surface area contributed by atoms with E-state index < -0.39 is 0 Å². The van der Waals surface area contributed by atoms with E-state index in [4.69, 9.17) is 18.9 Å². The maximum absolute atomic E-state index is 12.3. The number of hydrogen-bond donors (Lipinski definition) is 0. The summed E-state index contributed by atoms with van der Waals surface area (Å²) >= 11 is 0. The van der Waals surface area contributed by atoms with Crippen molar-refractivity contribution >= 4 is 5.97 Å². The van der Waals surface area contributed by atoms with Gasteiger partial charge in [-0.15, -0.1) is 0 Å². The van der Waals surface area contributed by atoms with Gasteiger partial charge in [0.1, 0.15) is 0 Å². The van der Waals surface area contributed by atoms with Crippen LogP contribution in [0.5, 0.6) is 0 Å². The molecule has 1 rings (SSSR count). The standard InChI is InChI=1S/C18H34O5/c1-4-9-20-11-12-21-13-14-22-16-8-6-7-15(3)17(16)18(19)23-10-5-2/h15-17H,4-14H2,1-3H3. The topological polar surface area (TPSA) is 54.0 Å². The average Bonchev–Trinajstić information content (AvgIpc) is 2.55. The van der Waals surface area contributed by atoms with E-state index in [1.54, 1.807) is 0 Å². The van der Waals surface area contributed by atoms with Crippen molar-refractivity contribution < 1.29 is 23.7 Å². The van der Waals surface area contributed by atoms with Gasteiger partial charge in [-0.1, -0.05) is 27.2 Å². The van der Waals surface area contributed by atoms with Gasteiger partial charge in [0.05, 0.1) is 45.1 Å². The highest BCUT2D eigenvalue weighted by Crippen LogP contribution is 2.33. The Balaban J connectivity index is 2.24. The summed E-state index contributed by atoms with van der Waals surface area (Å²) in [5.74, 6) is 0.0857. The highest BCUT2D eigenvalue weighted by Gasteiger charge is 2.37. The molecule has 1 saturated carbocycles. The second-order valence-electron chi connectivity index (χ2n) is 6.24. The Kier molecular flexibility index (Phi) is 11.3. The van der Waals surface area contributed by atoms with Crippen LogP contribution in [-0.4, -0.2) is 51.7 Å². The van der Waals surface area contributed by atoms with Crippen molar-refractivity contribution in [3.05, 3.63) is 0 Å². The minimum Gasteiger partial charge on any atom is -0.465 e. The lowest BCUT2D eigenvalue weighted by Crippen LogP contribution is -2.40. The van der Waals surface area contributed by atoms with E-state index in [9.17, 15) is 4.79 Å². The van der Waals surface area contributed by atoms with E-state index in [1.165, 1.54) is 0 Å². The lowest BCUT2D eigenvalue weighted by atomic mass is 9.78. The van der Waals surface area contributed by atoms with Crippen LogP contribution in [-0.2, 0) is 23.7 Å². The first kappa shape index (κ1) is 20.4. The Morgan fingerprint density at radius 1 is 0.913 bits per heavy atom. The molecule has 3 unspecified atom stereocenters. The number of carbonyl (C=O) groups is 1. The van der Waals surface area contributed by atoms with Gasteiger partial charge < -0.3 is 18.9 Å². The smallest absolute Gasteiger partial charge is 0.311 e. The van der Waals surface area contributed by atoms with Crippen molar-refractivity contribution in [2.45, 2.75) is 59.0 Å². The minimum atomic E-state index is -0.136. The van der Waals surface area contributed by atoms with Crippen LogP contribution < -0.4 is 0 Å². The second kappa shape index (κ2) is 12.7. The van der Waals surface area contributed by atoms with Gasteiger partial charge >= 0.3 is 5.97 Å². The van der Waals surface area contributed by atoms with E-state index in [1.807, 2.05) is 6.92 Å². The van der Waals surface area contributed by atoms with Crippen LogP contribution in [0.2, 0.25) is 0 Å². The molecule has 0 heterocycles. The lowest BCUT2D eigenvalue weighted by Gasteiger charge is -2.34. The molecule has 0 saturated heterocycles. The fraction of sp³-hybridized carbons (Fsp3) is 0.944. The molecule has 0 spiro atoms. The maximum atomic E-state index is 12.3. The number of carbonyl (C=O) groups excluding carboxylic acids is 1. The van der Waals surface area contributed by atoms with E-state index in [0.29, 0.717) is 39.0 Å². The first-order valence-corrected chi connectivity index (χ1v) is 9.14. The Morgan fingerprint density at radius 3 is 2.26 bits per heavy atom. The van der Waals surface area contributed by atoms with Gasteiger partial charge in [-0.25, -0.2) is 0 Å². The molecule has 0 aromatic carbocycles. The highest BCUT2D eigenvalue weighted by molar-refractivity contribution is 5.73. The number of rotatable bonds is 12. The molecule has 0 radical (unpaired) electrons. The Labute approximate surface area is 141 Å². The third-order valence-corrected chi connectivity index (χ3v) is 4.16. The fourth-order valence-electron chi connectivity index (χ4n) is 2.96. The number of esters is 1. The molecule has 5 nitrogen and oxygen atoms in total. The summed E-state index contributed by atoms with van der Waals surface area (Å²) in [6, 6.07) is 0. The van der Waals surface area contributed by atoms with Gasteiger partial charge in [-0.3, -0.25) is 4.79 Å². The molecule has 23 heavy (non-hydrogen) atoms. The van der Waals surface area contributed by atoms with Crippen LogP contribution in [0.25, 0.3) is 0 Å². The molecule has 0 aromatic heterocycles. The first-order chi connectivity index (χ1) is 11.2. The van der Waals surface area contributed by atoms with Crippen LogP contribution in [0.15, 0.2) is 0 Å². The highest BCUT2D eigenvalue weighted by atomic mass is 16.6. The summed E-state index contributed by atoms with van der Waals surface area (Å²) in [4.78, 5) is 12.3. The van der Waals surface area contributed by atoms with Crippen molar-refractivity contribution in [3.63, 3.8) is 0 Å². The molecular formula is C18H34O5. The predicted molar refractivity (Wildman–Crippen MR) is 89.4 cm³/mol. The van der Waals surface area contributed by atoms with E-state index in [2.05, 4.69) is 13.8 Å². The molecule has 1 fully saturated rings. The molecule has 1 aliphatic rings. The molecule has 1 aliphatic carbocycles. The normalized spacial score (nSPS) is 24.6. The predicted octanol–water partition coefficient (Wildman–Crippen LogP) is 3.20. The van der Waals surface area contributed by atoms with Crippen LogP contribution in [0.1, 0.15) is 52.9 Å². The van der Waals surface area contributed by atoms with Crippen LogP contribution >= 0.6 is 0 Å². The van der Waals surface area contributed by atoms with Crippen molar-refractivity contribution in [1.82, 2.24) is 0 Å². The van der Waals surface area contributed by atoms with Crippen molar-refractivity contribution in [1.29, 1.82) is 0 Å². The monoisotopic (exact) mass is 330 g/mol. The summed E-state index contributed by atoms with van der Waals surface area (Å²) in [7, 11) is 0. The van der Waals surface area contributed by atoms with Gasteiger partial charge in [-0.2, -0.15) is 0 Å². The molecule has 5 heteroatoms. The molecule has 0 amide bonds. The summed E-state index contributed by atoms with van der Waals surface area (Å²) in [6.45, 7) is 9.76. The average molecular weight is 330 g/mol. The van der Waals surface area contributed by atoms with Crippen molar-refractivity contribution in [2.75, 3.05) is 39.6 Å². The second-order valence-corrected chi connectivity index (χ2v) is 6.24. The third kappa shape index (κ3) is 8.13. The summed E-state index contributed by atoms with van der Waals surface area (Å²) < 4.78 is 22.1. The fourth-order valence-corrected chi connectivity index (χ4v) is 2.96. The van der Waals surface area contributed by atoms with Gasteiger partial charge in [0.25, 0.3) is 0 Å². The minimum absolute atomic E-state index is 0.0388. The molecule has 3 atom stereocenters. The Hall–Kier alpha value is -0.650. The van der Waals surface area contributed by atoms with Crippen LogP contribution in [0.4, 0.5) is 0 Å². The number of hydrogen-bond acceptors (Lipinski definition) is 5. The van der Waals surface area contributed by atoms with E-state index >= 15 is 0 Å². The quantitative estimate of drug-likeness (QED) is 0.406. The number of ether oxygens (including phenoxy) is 4. The molecule has 0 N–H and O–H groups in total. The van der Waals surface area contributed by atoms with Gasteiger partial charge in [0, 0.05) is 6.61 Å². The van der Waals surface area contributed by atoms with Crippen LogP contribution in [0.3, 0.4) is 0 Å².